The highest BCUT2D eigenvalue weighted by Crippen LogP contribution is 2.24. The van der Waals surface area contributed by atoms with Gasteiger partial charge in [0.1, 0.15) is 0 Å². The van der Waals surface area contributed by atoms with E-state index in [-0.39, 0.29) is 0 Å². The maximum Gasteiger partial charge on any atom is 0.288 e. The van der Waals surface area contributed by atoms with Crippen LogP contribution in [0.25, 0.3) is 0 Å². The monoisotopic (exact) mass is 399 g/mol. The molecule has 0 aromatic rings. The Morgan fingerprint density at radius 2 is 0.741 bits per heavy atom. The van der Waals surface area contributed by atoms with Crippen molar-refractivity contribution in [2.75, 3.05) is 40.8 Å². The molecule has 27 heavy (non-hydrogen) atoms. The lowest BCUT2D eigenvalue weighted by Crippen LogP contribution is -2.72. The van der Waals surface area contributed by atoms with Gasteiger partial charge in [0.2, 0.25) is 0 Å². The number of nitrogens with zero attached hydrogens (tertiary/aromatic N) is 3. The quantitative estimate of drug-likeness (QED) is 0.182. The Kier molecular flexibility index (Phi) is 17.1. The van der Waals surface area contributed by atoms with Crippen LogP contribution in [-0.4, -0.2) is 63.0 Å². The standard InChI is InChI=1S/C23H53N3Si/c1-8-12-15-18-21-24(5)27(11-4,25(6)22-19-16-13-9-2)26(7)23-20-17-14-10-3/h8-23H2,1-7H3. The molecule has 3 nitrogen and oxygen atoms in total. The van der Waals surface area contributed by atoms with Crippen molar-refractivity contribution in [2.24, 2.45) is 0 Å². The van der Waals surface area contributed by atoms with Crippen molar-refractivity contribution in [3.63, 3.8) is 0 Å². The maximum absolute atomic E-state index is 2.79. The third-order valence-electron chi connectivity index (χ3n) is 6.35. The molecule has 0 heterocycles. The Morgan fingerprint density at radius 1 is 0.444 bits per heavy atom. The van der Waals surface area contributed by atoms with Gasteiger partial charge in [0.15, 0.2) is 0 Å². The third-order valence-corrected chi connectivity index (χ3v) is 11.6. The Bertz CT molecular complexity index is 279. The molecule has 0 saturated carbocycles. The van der Waals surface area contributed by atoms with Crippen molar-refractivity contribution in [3.05, 3.63) is 0 Å². The van der Waals surface area contributed by atoms with E-state index >= 15 is 0 Å². The summed E-state index contributed by atoms with van der Waals surface area (Å²) in [7, 11) is 5.51. The molecule has 0 aromatic heterocycles. The fourth-order valence-electron chi connectivity index (χ4n) is 4.55. The SMILES string of the molecule is CCCCCCN(C)[Si](CC)(N(C)CCCCCC)N(C)CCCCCC. The van der Waals surface area contributed by atoms with E-state index in [1.54, 1.807) is 0 Å². The van der Waals surface area contributed by atoms with Gasteiger partial charge in [-0.15, -0.1) is 0 Å². The molecule has 0 atom stereocenters. The zero-order valence-electron chi connectivity index (χ0n) is 20.2. The first-order valence-corrected chi connectivity index (χ1v) is 14.2. The van der Waals surface area contributed by atoms with Crippen LogP contribution in [0.2, 0.25) is 6.04 Å². The van der Waals surface area contributed by atoms with Crippen LogP contribution in [0.1, 0.15) is 105 Å². The van der Waals surface area contributed by atoms with E-state index in [4.69, 9.17) is 0 Å². The van der Waals surface area contributed by atoms with Crippen molar-refractivity contribution in [1.82, 2.24) is 13.7 Å². The largest absolute Gasteiger partial charge is 0.302 e. The van der Waals surface area contributed by atoms with Gasteiger partial charge in [0.05, 0.1) is 0 Å². The fraction of sp³-hybridized carbons (Fsp3) is 1.00. The number of hydrogen-bond acceptors (Lipinski definition) is 3. The van der Waals surface area contributed by atoms with Gasteiger partial charge in [0.25, 0.3) is 8.56 Å². The van der Waals surface area contributed by atoms with Crippen molar-refractivity contribution >= 4 is 8.56 Å². The van der Waals surface area contributed by atoms with Crippen molar-refractivity contribution in [1.29, 1.82) is 0 Å². The zero-order valence-corrected chi connectivity index (χ0v) is 21.2. The average molecular weight is 400 g/mol. The molecule has 0 fully saturated rings. The molecule has 0 rings (SSSR count). The second kappa shape index (κ2) is 17.0. The lowest BCUT2D eigenvalue weighted by Gasteiger charge is -2.50. The number of rotatable bonds is 19. The second-order valence-corrected chi connectivity index (χ2v) is 13.1. The minimum atomic E-state index is -1.76. The van der Waals surface area contributed by atoms with Crippen molar-refractivity contribution in [3.8, 4) is 0 Å². The van der Waals surface area contributed by atoms with E-state index in [9.17, 15) is 0 Å². The minimum absolute atomic E-state index is 1.26. The molecule has 0 aromatic carbocycles. The molecule has 0 amide bonds. The van der Waals surface area contributed by atoms with Gasteiger partial charge in [-0.3, -0.25) is 0 Å². The van der Waals surface area contributed by atoms with Crippen LogP contribution in [0, 0.1) is 0 Å². The molecule has 0 spiro atoms. The third kappa shape index (κ3) is 9.91. The van der Waals surface area contributed by atoms with Gasteiger partial charge in [-0.2, -0.15) is 0 Å². The summed E-state index contributed by atoms with van der Waals surface area (Å²) in [5, 5.41) is 0. The first-order chi connectivity index (χ1) is 13.0. The molecule has 0 saturated heterocycles. The van der Waals surface area contributed by atoms with Crippen LogP contribution in [-0.2, 0) is 0 Å². The Morgan fingerprint density at radius 3 is 0.963 bits per heavy atom. The summed E-state index contributed by atoms with van der Waals surface area (Å²) >= 11 is 0. The van der Waals surface area contributed by atoms with Crippen molar-refractivity contribution in [2.45, 2.75) is 111 Å². The molecule has 0 unspecified atom stereocenters. The number of hydrogen-bond donors (Lipinski definition) is 0. The zero-order chi connectivity index (χ0) is 20.5. The van der Waals surface area contributed by atoms with E-state index in [0.29, 0.717) is 0 Å². The summed E-state index contributed by atoms with van der Waals surface area (Å²) in [6.07, 6.45) is 16.3. The highest BCUT2D eigenvalue weighted by Gasteiger charge is 2.44. The fourth-order valence-corrected chi connectivity index (χ4v) is 9.47. The molecule has 0 N–H and O–H groups in total. The summed E-state index contributed by atoms with van der Waals surface area (Å²) in [5.41, 5.74) is 0. The highest BCUT2D eigenvalue weighted by molar-refractivity contribution is 6.71. The predicted molar refractivity (Wildman–Crippen MR) is 127 cm³/mol. The minimum Gasteiger partial charge on any atom is -0.302 e. The molecule has 0 aliphatic heterocycles. The molecule has 0 bridgehead atoms. The summed E-state index contributed by atoms with van der Waals surface area (Å²) in [4.78, 5) is 0. The van der Waals surface area contributed by atoms with Gasteiger partial charge in [-0.25, -0.2) is 0 Å². The van der Waals surface area contributed by atoms with Gasteiger partial charge in [-0.05, 0) is 66.1 Å². The highest BCUT2D eigenvalue weighted by atomic mass is 28.4. The molecule has 0 aliphatic carbocycles. The van der Waals surface area contributed by atoms with Crippen LogP contribution in [0.15, 0.2) is 0 Å². The molecule has 4 heteroatoms. The van der Waals surface area contributed by atoms with Crippen LogP contribution in [0.3, 0.4) is 0 Å². The smallest absolute Gasteiger partial charge is 0.288 e. The van der Waals surface area contributed by atoms with E-state index in [2.05, 4.69) is 62.5 Å². The predicted octanol–water partition coefficient (Wildman–Crippen LogP) is 6.48. The van der Waals surface area contributed by atoms with Crippen LogP contribution in [0.5, 0.6) is 0 Å². The van der Waals surface area contributed by atoms with E-state index in [1.807, 2.05) is 0 Å². The molecule has 0 radical (unpaired) electrons. The van der Waals surface area contributed by atoms with Crippen LogP contribution < -0.4 is 0 Å². The first-order valence-electron chi connectivity index (χ1n) is 12.1. The number of unbranched alkanes of at least 4 members (excludes halogenated alkanes) is 9. The molecule has 164 valence electrons. The maximum atomic E-state index is 2.79. The lowest BCUT2D eigenvalue weighted by atomic mass is 10.2. The van der Waals surface area contributed by atoms with Gasteiger partial charge < -0.3 is 13.7 Å². The van der Waals surface area contributed by atoms with E-state index in [1.165, 1.54) is 103 Å². The molecular formula is C23H53N3Si. The molecule has 0 aliphatic rings. The Balaban J connectivity index is 5.03. The summed E-state index contributed by atoms with van der Waals surface area (Å²) in [5.74, 6) is 0. The summed E-state index contributed by atoms with van der Waals surface area (Å²) in [6.45, 7) is 13.2. The first kappa shape index (κ1) is 27.1. The lowest BCUT2D eigenvalue weighted by molar-refractivity contribution is 0.287. The second-order valence-electron chi connectivity index (χ2n) is 8.57. The van der Waals surface area contributed by atoms with Gasteiger partial charge in [0, 0.05) is 0 Å². The van der Waals surface area contributed by atoms with Gasteiger partial charge in [-0.1, -0.05) is 85.5 Å². The van der Waals surface area contributed by atoms with E-state index < -0.39 is 8.56 Å². The van der Waals surface area contributed by atoms with Gasteiger partial charge >= 0.3 is 0 Å². The van der Waals surface area contributed by atoms with Crippen LogP contribution >= 0.6 is 0 Å². The van der Waals surface area contributed by atoms with Crippen LogP contribution in [0.4, 0.5) is 0 Å². The topological polar surface area (TPSA) is 9.72 Å². The van der Waals surface area contributed by atoms with Crippen molar-refractivity contribution < 1.29 is 0 Å². The van der Waals surface area contributed by atoms with E-state index in [0.717, 1.165) is 0 Å². The average Bonchev–Trinajstić information content (AvgIpc) is 2.67. The summed E-state index contributed by atoms with van der Waals surface area (Å²) < 4.78 is 8.38. The molecular weight excluding hydrogens is 346 g/mol. The Labute approximate surface area is 174 Å². The normalized spacial score (nSPS) is 12.7. The Hall–Kier alpha value is 0.0969. The summed E-state index contributed by atoms with van der Waals surface area (Å²) in [6, 6.07) is 1.30.